The topological polar surface area (TPSA) is 74.4 Å². The van der Waals surface area contributed by atoms with Crippen LogP contribution in [0.25, 0.3) is 0 Å². The molecule has 90 valence electrons. The van der Waals surface area contributed by atoms with Gasteiger partial charge in [-0.25, -0.2) is 10.8 Å². The molecule has 5 heteroatoms. The smallest absolute Gasteiger partial charge is 0.144 e. The average Bonchev–Trinajstić information content (AvgIpc) is 2.15. The first-order valence-corrected chi connectivity index (χ1v) is 5.24. The molecule has 0 amide bonds. The van der Waals surface area contributed by atoms with Crippen LogP contribution in [0.2, 0.25) is 0 Å². The lowest BCUT2D eigenvalue weighted by atomic mass is 10.1. The average molecular weight is 224 g/mol. The van der Waals surface area contributed by atoms with Gasteiger partial charge in [-0.05, 0) is 27.0 Å². The minimum absolute atomic E-state index is 0.589. The first-order chi connectivity index (χ1) is 7.42. The molecule has 16 heavy (non-hydrogen) atoms. The molecule has 0 aliphatic carbocycles. The van der Waals surface area contributed by atoms with Gasteiger partial charge in [0.25, 0.3) is 0 Å². The molecule has 1 aromatic rings. The summed E-state index contributed by atoms with van der Waals surface area (Å²) in [5.41, 5.74) is 2.87. The van der Waals surface area contributed by atoms with Crippen molar-refractivity contribution in [3.63, 3.8) is 0 Å². The molecule has 0 aromatic carbocycles. The van der Waals surface area contributed by atoms with Gasteiger partial charge in [-0.3, -0.25) is 4.90 Å². The predicted octanol–water partition coefficient (Wildman–Crippen LogP) is 0.570. The van der Waals surface area contributed by atoms with Gasteiger partial charge in [0.2, 0.25) is 0 Å². The maximum absolute atomic E-state index is 9.69. The molecule has 0 spiro atoms. The van der Waals surface area contributed by atoms with Crippen LogP contribution >= 0.6 is 0 Å². The van der Waals surface area contributed by atoms with Crippen molar-refractivity contribution >= 4 is 5.82 Å². The van der Waals surface area contributed by atoms with Crippen molar-refractivity contribution < 1.29 is 5.11 Å². The van der Waals surface area contributed by atoms with Crippen LogP contribution in [0.5, 0.6) is 0 Å². The van der Waals surface area contributed by atoms with Gasteiger partial charge in [0, 0.05) is 24.8 Å². The van der Waals surface area contributed by atoms with Gasteiger partial charge in [0.05, 0.1) is 5.60 Å². The van der Waals surface area contributed by atoms with E-state index in [1.54, 1.807) is 20.0 Å². The summed E-state index contributed by atoms with van der Waals surface area (Å²) in [5.74, 6) is 6.04. The second-order valence-electron chi connectivity index (χ2n) is 4.64. The van der Waals surface area contributed by atoms with Crippen LogP contribution < -0.4 is 11.3 Å². The highest BCUT2D eigenvalue weighted by Crippen LogP contribution is 2.13. The second kappa shape index (κ2) is 5.25. The van der Waals surface area contributed by atoms with E-state index in [1.165, 1.54) is 0 Å². The Bertz CT molecular complexity index is 335. The number of hydrogen-bond donors (Lipinski definition) is 3. The van der Waals surface area contributed by atoms with E-state index < -0.39 is 5.60 Å². The molecule has 0 bridgehead atoms. The van der Waals surface area contributed by atoms with Gasteiger partial charge in [-0.1, -0.05) is 6.07 Å². The fourth-order valence-corrected chi connectivity index (χ4v) is 1.70. The van der Waals surface area contributed by atoms with E-state index in [-0.39, 0.29) is 0 Å². The van der Waals surface area contributed by atoms with Crippen LogP contribution in [0.1, 0.15) is 19.4 Å². The first-order valence-electron chi connectivity index (χ1n) is 5.24. The van der Waals surface area contributed by atoms with Crippen LogP contribution in [-0.2, 0) is 6.54 Å². The molecule has 0 fully saturated rings. The van der Waals surface area contributed by atoms with Gasteiger partial charge < -0.3 is 10.5 Å². The summed E-state index contributed by atoms with van der Waals surface area (Å²) in [6.07, 6.45) is 1.69. The second-order valence-corrected chi connectivity index (χ2v) is 4.64. The number of likely N-dealkylation sites (N-methyl/N-ethyl adjacent to an activating group) is 1. The molecule has 0 unspecified atom stereocenters. The quantitative estimate of drug-likeness (QED) is 0.503. The fraction of sp³-hybridized carbons (Fsp3) is 0.545. The van der Waals surface area contributed by atoms with Crippen molar-refractivity contribution in [3.05, 3.63) is 23.9 Å². The van der Waals surface area contributed by atoms with Gasteiger partial charge in [0.15, 0.2) is 0 Å². The van der Waals surface area contributed by atoms with Crippen molar-refractivity contribution in [2.45, 2.75) is 26.0 Å². The molecule has 0 aliphatic rings. The summed E-state index contributed by atoms with van der Waals surface area (Å²) in [5, 5.41) is 9.69. The Balaban J connectivity index is 2.65. The molecule has 4 N–H and O–H groups in total. The van der Waals surface area contributed by atoms with E-state index in [1.807, 2.05) is 24.1 Å². The Kier molecular flexibility index (Phi) is 4.23. The zero-order valence-electron chi connectivity index (χ0n) is 10.1. The highest BCUT2D eigenvalue weighted by Gasteiger charge is 2.16. The summed E-state index contributed by atoms with van der Waals surface area (Å²) >= 11 is 0. The zero-order chi connectivity index (χ0) is 12.2. The summed E-state index contributed by atoms with van der Waals surface area (Å²) in [6, 6.07) is 3.83. The third-order valence-electron chi connectivity index (χ3n) is 2.13. The summed E-state index contributed by atoms with van der Waals surface area (Å²) < 4.78 is 0. The standard InChI is InChI=1S/C11H20N4O/c1-11(2,16)8-15(3)7-9-5-4-6-13-10(9)14-12/h4-6,16H,7-8,12H2,1-3H3,(H,13,14). The first kappa shape index (κ1) is 12.9. The summed E-state index contributed by atoms with van der Waals surface area (Å²) in [4.78, 5) is 6.15. The number of nitrogens with one attached hydrogen (secondary N) is 1. The number of hydrazine groups is 1. The maximum atomic E-state index is 9.69. The lowest BCUT2D eigenvalue weighted by molar-refractivity contribution is 0.0425. The number of aliphatic hydroxyl groups is 1. The number of aromatic nitrogens is 1. The lowest BCUT2D eigenvalue weighted by Gasteiger charge is -2.25. The Labute approximate surface area is 96.3 Å². The van der Waals surface area contributed by atoms with Gasteiger partial charge in [-0.15, -0.1) is 0 Å². The Hall–Kier alpha value is -1.17. The van der Waals surface area contributed by atoms with Crippen molar-refractivity contribution in [3.8, 4) is 0 Å². The number of nitrogens with zero attached hydrogens (tertiary/aromatic N) is 2. The Morgan fingerprint density at radius 2 is 2.25 bits per heavy atom. The van der Waals surface area contributed by atoms with Gasteiger partial charge in [0.1, 0.15) is 5.82 Å². The van der Waals surface area contributed by atoms with Crippen molar-refractivity contribution in [1.29, 1.82) is 0 Å². The minimum Gasteiger partial charge on any atom is -0.389 e. The minimum atomic E-state index is -0.701. The summed E-state index contributed by atoms with van der Waals surface area (Å²) in [7, 11) is 1.95. The number of anilines is 1. The van der Waals surface area contributed by atoms with Crippen LogP contribution in [-0.4, -0.2) is 34.2 Å². The molecule has 1 rings (SSSR count). The van der Waals surface area contributed by atoms with Crippen molar-refractivity contribution in [1.82, 2.24) is 9.88 Å². The fourth-order valence-electron chi connectivity index (χ4n) is 1.70. The van der Waals surface area contributed by atoms with Crippen molar-refractivity contribution in [2.75, 3.05) is 19.0 Å². The number of pyridine rings is 1. The molecule has 0 saturated carbocycles. The highest BCUT2D eigenvalue weighted by molar-refractivity contribution is 5.42. The Morgan fingerprint density at radius 3 is 2.81 bits per heavy atom. The number of rotatable bonds is 5. The molecule has 1 heterocycles. The van der Waals surface area contributed by atoms with Crippen LogP contribution in [0.4, 0.5) is 5.82 Å². The molecule has 0 atom stereocenters. The predicted molar refractivity (Wildman–Crippen MR) is 64.7 cm³/mol. The molecule has 1 aromatic heterocycles. The van der Waals surface area contributed by atoms with E-state index in [0.29, 0.717) is 18.9 Å². The largest absolute Gasteiger partial charge is 0.389 e. The van der Waals surface area contributed by atoms with Crippen molar-refractivity contribution in [2.24, 2.45) is 5.84 Å². The third kappa shape index (κ3) is 4.14. The summed E-state index contributed by atoms with van der Waals surface area (Å²) in [6.45, 7) is 4.85. The Morgan fingerprint density at radius 1 is 1.56 bits per heavy atom. The van der Waals surface area contributed by atoms with Crippen LogP contribution in [0.15, 0.2) is 18.3 Å². The maximum Gasteiger partial charge on any atom is 0.144 e. The molecule has 0 aliphatic heterocycles. The van der Waals surface area contributed by atoms with E-state index >= 15 is 0 Å². The normalized spacial score (nSPS) is 11.9. The molecular formula is C11H20N4O. The van der Waals surface area contributed by atoms with E-state index in [9.17, 15) is 5.11 Å². The molecule has 5 nitrogen and oxygen atoms in total. The van der Waals surface area contributed by atoms with Gasteiger partial charge in [-0.2, -0.15) is 0 Å². The van der Waals surface area contributed by atoms with Gasteiger partial charge >= 0.3 is 0 Å². The zero-order valence-corrected chi connectivity index (χ0v) is 10.1. The van der Waals surface area contributed by atoms with Crippen LogP contribution in [0.3, 0.4) is 0 Å². The van der Waals surface area contributed by atoms with Crippen LogP contribution in [0, 0.1) is 0 Å². The number of nitrogen functional groups attached to an aromatic ring is 1. The van der Waals surface area contributed by atoms with E-state index in [4.69, 9.17) is 5.84 Å². The SMILES string of the molecule is CN(Cc1cccnc1NN)CC(C)(C)O. The number of nitrogens with two attached hydrogens (primary N) is 1. The molecule has 0 saturated heterocycles. The molecule has 0 radical (unpaired) electrons. The van der Waals surface area contributed by atoms with E-state index in [2.05, 4.69) is 10.4 Å². The monoisotopic (exact) mass is 224 g/mol. The van der Waals surface area contributed by atoms with E-state index in [0.717, 1.165) is 5.56 Å². The lowest BCUT2D eigenvalue weighted by Crippen LogP contribution is -2.36. The number of hydrogen-bond acceptors (Lipinski definition) is 5. The third-order valence-corrected chi connectivity index (χ3v) is 2.13. The highest BCUT2D eigenvalue weighted by atomic mass is 16.3. The molecular weight excluding hydrogens is 204 g/mol.